The van der Waals surface area contributed by atoms with Crippen molar-refractivity contribution in [2.24, 2.45) is 34.5 Å². The first-order chi connectivity index (χ1) is 11.3. The first-order valence-corrected chi connectivity index (χ1v) is 9.54. The van der Waals surface area contributed by atoms with Gasteiger partial charge in [0, 0.05) is 12.8 Å². The predicted octanol–water partition coefficient (Wildman–Crippen LogP) is 3.90. The van der Waals surface area contributed by atoms with E-state index < -0.39 is 0 Å². The lowest BCUT2D eigenvalue weighted by atomic mass is 9.46. The predicted molar refractivity (Wildman–Crippen MR) is 91.3 cm³/mol. The summed E-state index contributed by atoms with van der Waals surface area (Å²) in [6.45, 7) is 6.14. The van der Waals surface area contributed by atoms with Crippen molar-refractivity contribution in [1.82, 2.24) is 0 Å². The number of carbonyl (C=O) groups excluding carboxylic acids is 3. The smallest absolute Gasteiger partial charge is 0.155 e. The molecule has 0 N–H and O–H groups in total. The van der Waals surface area contributed by atoms with Gasteiger partial charge in [0.1, 0.15) is 11.6 Å². The molecule has 6 atom stereocenters. The first kappa shape index (κ1) is 16.2. The minimum atomic E-state index is -0.374. The molecule has 6 unspecified atom stereocenters. The Morgan fingerprint density at radius 1 is 1.08 bits per heavy atom. The normalized spacial score (nSPS) is 47.5. The fraction of sp³-hybridized carbons (Fsp3) is 0.762. The molecular weight excluding hydrogens is 300 g/mol. The molecule has 0 aromatic carbocycles. The van der Waals surface area contributed by atoms with Gasteiger partial charge in [-0.2, -0.15) is 0 Å². The number of Topliss-reactive ketones (excluding diaryl/α,β-unsaturated/α-hetero) is 2. The highest BCUT2D eigenvalue weighted by atomic mass is 16.2. The summed E-state index contributed by atoms with van der Waals surface area (Å²) in [5, 5.41) is 0. The summed E-state index contributed by atoms with van der Waals surface area (Å²) in [6.07, 6.45) is 8.29. The molecule has 0 aliphatic heterocycles. The van der Waals surface area contributed by atoms with E-state index >= 15 is 0 Å². The van der Waals surface area contributed by atoms with Crippen molar-refractivity contribution in [2.75, 3.05) is 0 Å². The maximum Gasteiger partial charge on any atom is 0.155 e. The molecule has 3 fully saturated rings. The number of hydrogen-bond acceptors (Lipinski definition) is 3. The third kappa shape index (κ3) is 1.99. The Kier molecular flexibility index (Phi) is 3.47. The summed E-state index contributed by atoms with van der Waals surface area (Å²) in [5.74, 6) is 1.62. The highest BCUT2D eigenvalue weighted by Gasteiger charge is 2.62. The van der Waals surface area contributed by atoms with E-state index in [2.05, 4.69) is 13.8 Å². The second-order valence-electron chi connectivity index (χ2n) is 9.23. The largest absolute Gasteiger partial charge is 0.299 e. The van der Waals surface area contributed by atoms with Crippen molar-refractivity contribution in [3.8, 4) is 0 Å². The average molecular weight is 328 g/mol. The van der Waals surface area contributed by atoms with Gasteiger partial charge in [0.2, 0.25) is 0 Å². The zero-order valence-electron chi connectivity index (χ0n) is 15.1. The Morgan fingerprint density at radius 2 is 1.83 bits per heavy atom. The van der Waals surface area contributed by atoms with Gasteiger partial charge in [-0.3, -0.25) is 14.4 Å². The highest BCUT2D eigenvalue weighted by molar-refractivity contribution is 6.04. The number of rotatable bonds is 1. The second kappa shape index (κ2) is 5.12. The van der Waals surface area contributed by atoms with E-state index in [1.807, 2.05) is 6.08 Å². The van der Waals surface area contributed by atoms with Crippen molar-refractivity contribution < 1.29 is 14.4 Å². The van der Waals surface area contributed by atoms with Crippen LogP contribution in [0.2, 0.25) is 0 Å². The molecule has 24 heavy (non-hydrogen) atoms. The third-order valence-corrected chi connectivity index (χ3v) is 8.21. The van der Waals surface area contributed by atoms with Crippen molar-refractivity contribution in [3.05, 3.63) is 11.6 Å². The Hall–Kier alpha value is -1.25. The number of carbonyl (C=O) groups is 3. The molecule has 3 heteroatoms. The zero-order chi connectivity index (χ0) is 17.3. The van der Waals surface area contributed by atoms with E-state index in [0.29, 0.717) is 30.6 Å². The van der Waals surface area contributed by atoms with Crippen LogP contribution in [0.1, 0.15) is 65.7 Å². The molecule has 3 saturated carbocycles. The van der Waals surface area contributed by atoms with Gasteiger partial charge in [0.15, 0.2) is 5.78 Å². The number of hydrogen-bond donors (Lipinski definition) is 0. The molecule has 0 aromatic heterocycles. The van der Waals surface area contributed by atoms with Gasteiger partial charge in [-0.1, -0.05) is 19.4 Å². The first-order valence-electron chi connectivity index (χ1n) is 9.54. The van der Waals surface area contributed by atoms with Crippen LogP contribution in [0, 0.1) is 34.5 Å². The Balaban J connectivity index is 1.70. The van der Waals surface area contributed by atoms with E-state index in [0.717, 1.165) is 32.1 Å². The zero-order valence-corrected chi connectivity index (χ0v) is 15.1. The van der Waals surface area contributed by atoms with Gasteiger partial charge < -0.3 is 0 Å². The van der Waals surface area contributed by atoms with Gasteiger partial charge in [-0.15, -0.1) is 0 Å². The minimum Gasteiger partial charge on any atom is -0.299 e. The van der Waals surface area contributed by atoms with Gasteiger partial charge in [-0.25, -0.2) is 0 Å². The van der Waals surface area contributed by atoms with Crippen molar-refractivity contribution in [2.45, 2.75) is 65.7 Å². The van der Waals surface area contributed by atoms with Crippen LogP contribution in [0.5, 0.6) is 0 Å². The minimum absolute atomic E-state index is 0.0642. The fourth-order valence-corrected chi connectivity index (χ4v) is 7.04. The summed E-state index contributed by atoms with van der Waals surface area (Å²) in [7, 11) is 0. The van der Waals surface area contributed by atoms with E-state index in [1.54, 1.807) is 6.92 Å². The molecule has 0 amide bonds. The van der Waals surface area contributed by atoms with E-state index in [-0.39, 0.29) is 34.1 Å². The lowest BCUT2D eigenvalue weighted by Gasteiger charge is -2.57. The van der Waals surface area contributed by atoms with Crippen LogP contribution >= 0.6 is 0 Å². The monoisotopic (exact) mass is 328 g/mol. The summed E-state index contributed by atoms with van der Waals surface area (Å²) < 4.78 is 0. The van der Waals surface area contributed by atoms with Crippen LogP contribution < -0.4 is 0 Å². The molecule has 0 bridgehead atoms. The topological polar surface area (TPSA) is 51.2 Å². The average Bonchev–Trinajstić information content (AvgIpc) is 2.78. The molecular formula is C21H28O3. The van der Waals surface area contributed by atoms with Crippen LogP contribution in [-0.2, 0) is 14.4 Å². The summed E-state index contributed by atoms with van der Waals surface area (Å²) >= 11 is 0. The number of ketones is 3. The van der Waals surface area contributed by atoms with Crippen LogP contribution in [0.4, 0.5) is 0 Å². The van der Waals surface area contributed by atoms with Gasteiger partial charge in [0.25, 0.3) is 0 Å². The van der Waals surface area contributed by atoms with E-state index in [9.17, 15) is 14.4 Å². The number of allylic oxidation sites excluding steroid dienone is 1. The van der Waals surface area contributed by atoms with Crippen molar-refractivity contribution in [1.29, 1.82) is 0 Å². The lowest BCUT2D eigenvalue weighted by Crippen LogP contribution is -2.51. The lowest BCUT2D eigenvalue weighted by molar-refractivity contribution is -0.135. The quantitative estimate of drug-likeness (QED) is 0.686. The molecule has 4 rings (SSSR count). The molecule has 4 aliphatic carbocycles. The second-order valence-corrected chi connectivity index (χ2v) is 9.23. The molecule has 3 nitrogen and oxygen atoms in total. The van der Waals surface area contributed by atoms with Crippen molar-refractivity contribution >= 4 is 17.3 Å². The third-order valence-electron chi connectivity index (χ3n) is 8.21. The van der Waals surface area contributed by atoms with Gasteiger partial charge >= 0.3 is 0 Å². The highest BCUT2D eigenvalue weighted by Crippen LogP contribution is 2.65. The molecule has 4 aliphatic rings. The van der Waals surface area contributed by atoms with Gasteiger partial charge in [-0.05, 0) is 73.7 Å². The SMILES string of the molecule is CC(=O)C1C(=O)CC2C3CCC4=CC(=O)CCC4(C)C3CCC12C. The van der Waals surface area contributed by atoms with Crippen molar-refractivity contribution in [3.63, 3.8) is 0 Å². The van der Waals surface area contributed by atoms with Crippen LogP contribution in [0.15, 0.2) is 11.6 Å². The van der Waals surface area contributed by atoms with Gasteiger partial charge in [0.05, 0.1) is 5.92 Å². The Morgan fingerprint density at radius 3 is 2.54 bits per heavy atom. The summed E-state index contributed by atoms with van der Waals surface area (Å²) in [4.78, 5) is 36.6. The molecule has 0 aromatic rings. The standard InChI is InChI=1S/C21H28O3/c1-12(22)19-18(24)11-17-15-5-4-13-10-14(23)6-8-20(13,2)16(15)7-9-21(17,19)3/h10,15-17,19H,4-9,11H2,1-3H3. The molecule has 0 radical (unpaired) electrons. The summed E-state index contributed by atoms with van der Waals surface area (Å²) in [6, 6.07) is 0. The molecule has 130 valence electrons. The van der Waals surface area contributed by atoms with Crippen LogP contribution in [-0.4, -0.2) is 17.3 Å². The molecule has 0 spiro atoms. The Bertz CT molecular complexity index is 658. The molecule has 0 heterocycles. The maximum absolute atomic E-state index is 12.6. The van der Waals surface area contributed by atoms with Crippen LogP contribution in [0.25, 0.3) is 0 Å². The molecule has 0 saturated heterocycles. The van der Waals surface area contributed by atoms with Crippen LogP contribution in [0.3, 0.4) is 0 Å². The maximum atomic E-state index is 12.6. The van der Waals surface area contributed by atoms with E-state index in [4.69, 9.17) is 0 Å². The van der Waals surface area contributed by atoms with E-state index in [1.165, 1.54) is 5.57 Å². The fourth-order valence-electron chi connectivity index (χ4n) is 7.04. The Labute approximate surface area is 144 Å². The number of fused-ring (bicyclic) bond motifs is 5. The summed E-state index contributed by atoms with van der Waals surface area (Å²) in [5.41, 5.74) is 1.36.